The monoisotopic (exact) mass is 354 g/mol. The van der Waals surface area contributed by atoms with Gasteiger partial charge < -0.3 is 0 Å². The lowest BCUT2D eigenvalue weighted by molar-refractivity contribution is 0.102. The summed E-state index contributed by atoms with van der Waals surface area (Å²) in [5.74, 6) is 0.362. The summed E-state index contributed by atoms with van der Waals surface area (Å²) in [6.45, 7) is 2.05. The SMILES string of the molecule is Cc1ccc(-c2ccc(SCC(=O)c3ccc(Cl)cc3)nn2)cc1. The van der Waals surface area contributed by atoms with Crippen LogP contribution >= 0.6 is 23.4 Å². The van der Waals surface area contributed by atoms with E-state index in [4.69, 9.17) is 11.6 Å². The number of Topliss-reactive ketones (excluding diaryl/α,β-unsaturated/α-hetero) is 1. The van der Waals surface area contributed by atoms with Crippen LogP contribution in [0, 0.1) is 6.92 Å². The molecule has 0 N–H and O–H groups in total. The second-order valence-electron chi connectivity index (χ2n) is 5.34. The van der Waals surface area contributed by atoms with E-state index >= 15 is 0 Å². The van der Waals surface area contributed by atoms with Crippen molar-refractivity contribution < 1.29 is 4.79 Å². The Hall–Kier alpha value is -2.17. The minimum Gasteiger partial charge on any atom is -0.293 e. The van der Waals surface area contributed by atoms with Crippen molar-refractivity contribution in [1.29, 1.82) is 0 Å². The number of aromatic nitrogens is 2. The zero-order valence-electron chi connectivity index (χ0n) is 13.1. The van der Waals surface area contributed by atoms with Crippen LogP contribution in [0.4, 0.5) is 0 Å². The van der Waals surface area contributed by atoms with Crippen molar-refractivity contribution in [3.63, 3.8) is 0 Å². The summed E-state index contributed by atoms with van der Waals surface area (Å²) in [4.78, 5) is 12.1. The molecular formula is C19H15ClN2OS. The average Bonchev–Trinajstić information content (AvgIpc) is 2.61. The lowest BCUT2D eigenvalue weighted by atomic mass is 10.1. The molecule has 1 aromatic heterocycles. The Bertz CT molecular complexity index is 831. The van der Waals surface area contributed by atoms with Gasteiger partial charge in [0.25, 0.3) is 0 Å². The van der Waals surface area contributed by atoms with Crippen LogP contribution < -0.4 is 0 Å². The fourth-order valence-electron chi connectivity index (χ4n) is 2.13. The van der Waals surface area contributed by atoms with Gasteiger partial charge in [-0.05, 0) is 43.3 Å². The van der Waals surface area contributed by atoms with Crippen LogP contribution in [0.1, 0.15) is 15.9 Å². The number of benzene rings is 2. The molecule has 0 saturated heterocycles. The molecule has 0 unspecified atom stereocenters. The van der Waals surface area contributed by atoms with E-state index in [-0.39, 0.29) is 5.78 Å². The van der Waals surface area contributed by atoms with Crippen molar-refractivity contribution in [2.24, 2.45) is 0 Å². The zero-order valence-corrected chi connectivity index (χ0v) is 14.6. The van der Waals surface area contributed by atoms with Gasteiger partial charge in [0.15, 0.2) is 5.78 Å². The lowest BCUT2D eigenvalue weighted by Crippen LogP contribution is -2.02. The molecular weight excluding hydrogens is 340 g/mol. The molecule has 3 rings (SSSR count). The molecule has 0 spiro atoms. The van der Waals surface area contributed by atoms with Gasteiger partial charge in [-0.25, -0.2) is 0 Å². The summed E-state index contributed by atoms with van der Waals surface area (Å²) in [6, 6.07) is 18.9. The fraction of sp³-hybridized carbons (Fsp3) is 0.105. The molecule has 3 aromatic rings. The Kier molecular flexibility index (Phi) is 5.28. The van der Waals surface area contributed by atoms with Crippen LogP contribution in [0.5, 0.6) is 0 Å². The van der Waals surface area contributed by atoms with Crippen molar-refractivity contribution >= 4 is 29.1 Å². The molecule has 0 aliphatic carbocycles. The van der Waals surface area contributed by atoms with Crippen LogP contribution in [0.15, 0.2) is 65.7 Å². The van der Waals surface area contributed by atoms with Gasteiger partial charge in [0.2, 0.25) is 0 Å². The molecule has 0 bridgehead atoms. The number of nitrogens with zero attached hydrogens (tertiary/aromatic N) is 2. The Labute approximate surface area is 150 Å². The van der Waals surface area contributed by atoms with Crippen molar-refractivity contribution in [3.05, 3.63) is 76.8 Å². The maximum atomic E-state index is 12.1. The van der Waals surface area contributed by atoms with Crippen LogP contribution in [-0.2, 0) is 0 Å². The largest absolute Gasteiger partial charge is 0.293 e. The number of rotatable bonds is 5. The van der Waals surface area contributed by atoms with E-state index in [1.54, 1.807) is 24.3 Å². The molecule has 120 valence electrons. The third-order valence-corrected chi connectivity index (χ3v) is 4.68. The van der Waals surface area contributed by atoms with Crippen LogP contribution in [0.3, 0.4) is 0 Å². The Morgan fingerprint density at radius 1 is 0.958 bits per heavy atom. The van der Waals surface area contributed by atoms with Gasteiger partial charge in [-0.3, -0.25) is 4.79 Å². The molecule has 0 atom stereocenters. The van der Waals surface area contributed by atoms with Gasteiger partial charge in [-0.15, -0.1) is 10.2 Å². The van der Waals surface area contributed by atoms with E-state index in [1.165, 1.54) is 17.3 Å². The zero-order chi connectivity index (χ0) is 16.9. The van der Waals surface area contributed by atoms with E-state index in [2.05, 4.69) is 10.2 Å². The van der Waals surface area contributed by atoms with Gasteiger partial charge in [-0.1, -0.05) is 53.2 Å². The first-order chi connectivity index (χ1) is 11.6. The molecule has 5 heteroatoms. The van der Waals surface area contributed by atoms with E-state index < -0.39 is 0 Å². The number of halogens is 1. The molecule has 0 aliphatic heterocycles. The molecule has 3 nitrogen and oxygen atoms in total. The predicted molar refractivity (Wildman–Crippen MR) is 98.7 cm³/mol. The highest BCUT2D eigenvalue weighted by atomic mass is 35.5. The number of thioether (sulfide) groups is 1. The Morgan fingerprint density at radius 3 is 2.29 bits per heavy atom. The maximum Gasteiger partial charge on any atom is 0.173 e. The molecule has 2 aromatic carbocycles. The summed E-state index contributed by atoms with van der Waals surface area (Å²) >= 11 is 7.21. The standard InChI is InChI=1S/C19H15ClN2OS/c1-13-2-4-14(5-3-13)17-10-11-19(22-21-17)24-12-18(23)15-6-8-16(20)9-7-15/h2-11H,12H2,1H3. The fourth-order valence-corrected chi connectivity index (χ4v) is 2.97. The molecule has 24 heavy (non-hydrogen) atoms. The highest BCUT2D eigenvalue weighted by molar-refractivity contribution is 7.99. The Balaban J connectivity index is 1.63. The second-order valence-corrected chi connectivity index (χ2v) is 6.77. The Morgan fingerprint density at radius 2 is 1.67 bits per heavy atom. The van der Waals surface area contributed by atoms with E-state index in [0.29, 0.717) is 16.3 Å². The first-order valence-electron chi connectivity index (χ1n) is 7.44. The molecule has 1 heterocycles. The van der Waals surface area contributed by atoms with Crippen molar-refractivity contribution in [3.8, 4) is 11.3 Å². The van der Waals surface area contributed by atoms with Gasteiger partial charge in [0.05, 0.1) is 11.4 Å². The number of hydrogen-bond acceptors (Lipinski definition) is 4. The minimum atomic E-state index is 0.0427. The average molecular weight is 355 g/mol. The smallest absolute Gasteiger partial charge is 0.173 e. The second kappa shape index (κ2) is 7.60. The first-order valence-corrected chi connectivity index (χ1v) is 8.80. The quantitative estimate of drug-likeness (QED) is 0.473. The highest BCUT2D eigenvalue weighted by Gasteiger charge is 2.08. The molecule has 0 saturated carbocycles. The van der Waals surface area contributed by atoms with E-state index in [9.17, 15) is 4.79 Å². The van der Waals surface area contributed by atoms with Crippen LogP contribution in [0.2, 0.25) is 5.02 Å². The predicted octanol–water partition coefficient (Wildman–Crippen LogP) is 5.08. The maximum absolute atomic E-state index is 12.1. The van der Waals surface area contributed by atoms with Gasteiger partial charge in [-0.2, -0.15) is 0 Å². The normalized spacial score (nSPS) is 10.6. The van der Waals surface area contributed by atoms with Crippen molar-refractivity contribution in [1.82, 2.24) is 10.2 Å². The highest BCUT2D eigenvalue weighted by Crippen LogP contribution is 2.21. The van der Waals surface area contributed by atoms with E-state index in [1.807, 2.05) is 43.3 Å². The summed E-state index contributed by atoms with van der Waals surface area (Å²) in [6.07, 6.45) is 0. The number of ketones is 1. The summed E-state index contributed by atoms with van der Waals surface area (Å²) in [5, 5.41) is 9.79. The molecule has 0 radical (unpaired) electrons. The number of carbonyl (C=O) groups is 1. The molecule has 0 aliphatic rings. The summed E-state index contributed by atoms with van der Waals surface area (Å²) in [7, 11) is 0. The third kappa shape index (κ3) is 4.22. The minimum absolute atomic E-state index is 0.0427. The van der Waals surface area contributed by atoms with Crippen LogP contribution in [-0.4, -0.2) is 21.7 Å². The number of aryl methyl sites for hydroxylation is 1. The van der Waals surface area contributed by atoms with Crippen molar-refractivity contribution in [2.75, 3.05) is 5.75 Å². The van der Waals surface area contributed by atoms with E-state index in [0.717, 1.165) is 16.3 Å². The molecule has 0 fully saturated rings. The van der Waals surface area contributed by atoms with Gasteiger partial charge in [0, 0.05) is 16.1 Å². The van der Waals surface area contributed by atoms with Gasteiger partial charge >= 0.3 is 0 Å². The molecule has 0 amide bonds. The van der Waals surface area contributed by atoms with Crippen molar-refractivity contribution in [2.45, 2.75) is 11.9 Å². The third-order valence-electron chi connectivity index (χ3n) is 3.50. The van der Waals surface area contributed by atoms with Crippen LogP contribution in [0.25, 0.3) is 11.3 Å². The lowest BCUT2D eigenvalue weighted by Gasteiger charge is -2.03. The topological polar surface area (TPSA) is 42.9 Å². The number of hydrogen-bond donors (Lipinski definition) is 0. The first kappa shape index (κ1) is 16.7. The van der Waals surface area contributed by atoms with Gasteiger partial charge in [0.1, 0.15) is 5.03 Å². The summed E-state index contributed by atoms with van der Waals surface area (Å²) < 4.78 is 0. The number of carbonyl (C=O) groups excluding carboxylic acids is 1. The summed E-state index contributed by atoms with van der Waals surface area (Å²) in [5.41, 5.74) is 3.71.